The van der Waals surface area contributed by atoms with Gasteiger partial charge in [0.05, 0.1) is 18.7 Å². The van der Waals surface area contributed by atoms with Crippen molar-refractivity contribution < 1.29 is 14.3 Å². The van der Waals surface area contributed by atoms with Gasteiger partial charge in [0.2, 0.25) is 11.8 Å². The van der Waals surface area contributed by atoms with Crippen LogP contribution in [0.4, 0.5) is 5.69 Å². The zero-order valence-corrected chi connectivity index (χ0v) is 16.5. The number of benzene rings is 2. The van der Waals surface area contributed by atoms with Crippen molar-refractivity contribution in [3.63, 3.8) is 0 Å². The topological polar surface area (TPSA) is 71.0 Å². The molecule has 1 aliphatic rings. The van der Waals surface area contributed by atoms with Crippen LogP contribution in [0.25, 0.3) is 0 Å². The van der Waals surface area contributed by atoms with Crippen molar-refractivity contribution >= 4 is 39.6 Å². The molecule has 1 saturated heterocycles. The van der Waals surface area contributed by atoms with Crippen molar-refractivity contribution in [2.45, 2.75) is 13.3 Å². The Bertz CT molecular complexity index is 835. The van der Waals surface area contributed by atoms with Crippen LogP contribution in [0.15, 0.2) is 58.1 Å². The quantitative estimate of drug-likeness (QED) is 0.565. The molecule has 27 heavy (non-hydrogen) atoms. The fourth-order valence-electron chi connectivity index (χ4n) is 2.83. The molecule has 1 heterocycles. The van der Waals surface area contributed by atoms with E-state index in [1.54, 1.807) is 11.1 Å². The van der Waals surface area contributed by atoms with E-state index in [1.807, 2.05) is 55.5 Å². The van der Waals surface area contributed by atoms with Crippen molar-refractivity contribution in [2.24, 2.45) is 11.0 Å². The van der Waals surface area contributed by atoms with Crippen LogP contribution < -0.4 is 15.1 Å². The third-order valence-corrected chi connectivity index (χ3v) is 4.74. The standard InChI is InChI=1S/C20H20BrN3O3/c1-2-27-18-9-3-14(4-10-18)12-22-23-20(26)15-11-19(25)24(13-15)17-7-5-16(21)6-8-17/h3-10,12,15H,2,11,13H2,1H3,(H,23,26)/b22-12+/t15-/m0/s1. The van der Waals surface area contributed by atoms with Crippen molar-refractivity contribution in [1.82, 2.24) is 5.43 Å². The molecule has 0 saturated carbocycles. The van der Waals surface area contributed by atoms with Gasteiger partial charge in [0.25, 0.3) is 0 Å². The highest BCUT2D eigenvalue weighted by atomic mass is 79.9. The monoisotopic (exact) mass is 429 g/mol. The summed E-state index contributed by atoms with van der Waals surface area (Å²) >= 11 is 3.37. The molecular weight excluding hydrogens is 410 g/mol. The number of nitrogens with zero attached hydrogens (tertiary/aromatic N) is 2. The minimum Gasteiger partial charge on any atom is -0.494 e. The summed E-state index contributed by atoms with van der Waals surface area (Å²) in [6.07, 6.45) is 1.75. The number of anilines is 1. The third-order valence-electron chi connectivity index (χ3n) is 4.21. The van der Waals surface area contributed by atoms with Crippen LogP contribution in [0.3, 0.4) is 0 Å². The molecule has 140 valence electrons. The lowest BCUT2D eigenvalue weighted by Crippen LogP contribution is -2.30. The molecule has 2 amide bonds. The molecule has 1 N–H and O–H groups in total. The summed E-state index contributed by atoms with van der Waals surface area (Å²) in [6, 6.07) is 14.9. The van der Waals surface area contributed by atoms with Crippen LogP contribution in [0.1, 0.15) is 18.9 Å². The maximum Gasteiger partial charge on any atom is 0.245 e. The second-order valence-electron chi connectivity index (χ2n) is 6.12. The zero-order chi connectivity index (χ0) is 19.2. The molecule has 6 nitrogen and oxygen atoms in total. The Morgan fingerprint density at radius 2 is 1.96 bits per heavy atom. The lowest BCUT2D eigenvalue weighted by Gasteiger charge is -2.16. The Kier molecular flexibility index (Phi) is 6.24. The number of ether oxygens (including phenoxy) is 1. The lowest BCUT2D eigenvalue weighted by molar-refractivity contribution is -0.126. The average Bonchev–Trinajstić information content (AvgIpc) is 3.06. The zero-order valence-electron chi connectivity index (χ0n) is 14.9. The molecule has 2 aromatic rings. The van der Waals surface area contributed by atoms with Crippen molar-refractivity contribution in [1.29, 1.82) is 0 Å². The van der Waals surface area contributed by atoms with Gasteiger partial charge in [0.1, 0.15) is 5.75 Å². The predicted octanol–water partition coefficient (Wildman–Crippen LogP) is 3.35. The van der Waals surface area contributed by atoms with Crippen molar-refractivity contribution in [3.8, 4) is 5.75 Å². The maximum atomic E-state index is 12.3. The number of hydrogen-bond donors (Lipinski definition) is 1. The molecular formula is C20H20BrN3O3. The lowest BCUT2D eigenvalue weighted by atomic mass is 10.1. The molecule has 0 spiro atoms. The van der Waals surface area contributed by atoms with Crippen molar-refractivity contribution in [2.75, 3.05) is 18.1 Å². The molecule has 1 fully saturated rings. The van der Waals surface area contributed by atoms with Gasteiger partial charge >= 0.3 is 0 Å². The highest BCUT2D eigenvalue weighted by molar-refractivity contribution is 9.10. The van der Waals surface area contributed by atoms with Gasteiger partial charge in [-0.05, 0) is 61.0 Å². The predicted molar refractivity (Wildman–Crippen MR) is 108 cm³/mol. The molecule has 1 aliphatic heterocycles. The van der Waals surface area contributed by atoms with Crippen LogP contribution in [0.2, 0.25) is 0 Å². The Morgan fingerprint density at radius 3 is 2.63 bits per heavy atom. The molecule has 0 bridgehead atoms. The summed E-state index contributed by atoms with van der Waals surface area (Å²) in [5, 5.41) is 3.99. The van der Waals surface area contributed by atoms with Gasteiger partial charge in [-0.25, -0.2) is 5.43 Å². The second-order valence-corrected chi connectivity index (χ2v) is 7.03. The summed E-state index contributed by atoms with van der Waals surface area (Å²) in [5.41, 5.74) is 4.16. The Balaban J connectivity index is 1.55. The number of nitrogens with one attached hydrogen (secondary N) is 1. The van der Waals surface area contributed by atoms with Gasteiger partial charge in [-0.1, -0.05) is 15.9 Å². The number of hydrazone groups is 1. The molecule has 2 aromatic carbocycles. The van der Waals surface area contributed by atoms with E-state index in [0.29, 0.717) is 13.2 Å². The minimum absolute atomic E-state index is 0.0621. The first kappa shape index (κ1) is 19.1. The van der Waals surface area contributed by atoms with Crippen LogP contribution >= 0.6 is 15.9 Å². The van der Waals surface area contributed by atoms with Gasteiger partial charge in [0, 0.05) is 23.1 Å². The number of amides is 2. The molecule has 0 radical (unpaired) electrons. The van der Waals surface area contributed by atoms with Crippen LogP contribution in [0.5, 0.6) is 5.75 Å². The molecule has 3 rings (SSSR count). The van der Waals surface area contributed by atoms with E-state index in [1.165, 1.54) is 0 Å². The number of halogens is 1. The average molecular weight is 430 g/mol. The first-order chi connectivity index (χ1) is 13.1. The van der Waals surface area contributed by atoms with E-state index in [9.17, 15) is 9.59 Å². The Morgan fingerprint density at radius 1 is 1.26 bits per heavy atom. The molecule has 0 unspecified atom stereocenters. The van der Waals surface area contributed by atoms with Gasteiger partial charge < -0.3 is 9.64 Å². The summed E-state index contributed by atoms with van der Waals surface area (Å²) in [4.78, 5) is 26.2. The Hall–Kier alpha value is -2.67. The first-order valence-electron chi connectivity index (χ1n) is 8.68. The highest BCUT2D eigenvalue weighted by Crippen LogP contribution is 2.26. The molecule has 0 aromatic heterocycles. The normalized spacial score (nSPS) is 16.7. The van der Waals surface area contributed by atoms with Crippen LogP contribution in [-0.4, -0.2) is 31.2 Å². The molecule has 1 atom stereocenters. The van der Waals surface area contributed by atoms with Crippen LogP contribution in [-0.2, 0) is 9.59 Å². The highest BCUT2D eigenvalue weighted by Gasteiger charge is 2.35. The fourth-order valence-corrected chi connectivity index (χ4v) is 3.10. The van der Waals surface area contributed by atoms with E-state index >= 15 is 0 Å². The summed E-state index contributed by atoms with van der Waals surface area (Å²) in [7, 11) is 0. The van der Waals surface area contributed by atoms with Crippen molar-refractivity contribution in [3.05, 3.63) is 58.6 Å². The van der Waals surface area contributed by atoms with E-state index in [0.717, 1.165) is 21.5 Å². The molecule has 7 heteroatoms. The number of hydrogen-bond acceptors (Lipinski definition) is 4. The Labute approximate surface area is 166 Å². The summed E-state index contributed by atoms with van der Waals surface area (Å²) < 4.78 is 6.32. The van der Waals surface area contributed by atoms with Crippen LogP contribution in [0, 0.1) is 5.92 Å². The number of carbonyl (C=O) groups is 2. The smallest absolute Gasteiger partial charge is 0.245 e. The SMILES string of the molecule is CCOc1ccc(/C=N/NC(=O)[C@H]2CC(=O)N(c3ccc(Br)cc3)C2)cc1. The maximum absolute atomic E-state index is 12.3. The van der Waals surface area contributed by atoms with E-state index in [-0.39, 0.29) is 18.2 Å². The largest absolute Gasteiger partial charge is 0.494 e. The van der Waals surface area contributed by atoms with E-state index in [2.05, 4.69) is 26.5 Å². The second kappa shape index (κ2) is 8.81. The third kappa shape index (κ3) is 4.95. The summed E-state index contributed by atoms with van der Waals surface area (Å²) in [5.74, 6) is 0.0490. The minimum atomic E-state index is -0.418. The number of carbonyl (C=O) groups excluding carboxylic acids is 2. The fraction of sp³-hybridized carbons (Fsp3) is 0.250. The van der Waals surface area contributed by atoms with Gasteiger partial charge in [-0.15, -0.1) is 0 Å². The molecule has 0 aliphatic carbocycles. The first-order valence-corrected chi connectivity index (χ1v) is 9.48. The van der Waals surface area contributed by atoms with Gasteiger partial charge in [0.15, 0.2) is 0 Å². The van der Waals surface area contributed by atoms with Gasteiger partial charge in [-0.2, -0.15) is 5.10 Å². The number of rotatable bonds is 6. The van der Waals surface area contributed by atoms with Gasteiger partial charge in [-0.3, -0.25) is 9.59 Å². The van der Waals surface area contributed by atoms with E-state index in [4.69, 9.17) is 4.74 Å². The van der Waals surface area contributed by atoms with E-state index < -0.39 is 5.92 Å². The summed E-state index contributed by atoms with van der Waals surface area (Å²) in [6.45, 7) is 2.89.